The first-order chi connectivity index (χ1) is 3.43. The summed E-state index contributed by atoms with van der Waals surface area (Å²) in [4.78, 5) is 0. The molecule has 0 fully saturated rings. The molecule has 0 saturated heterocycles. The molecule has 0 amide bonds. The van der Waals surface area contributed by atoms with Gasteiger partial charge in [-0.05, 0) is 6.42 Å². The minimum absolute atomic E-state index is 0.958. The molecule has 0 spiro atoms. The zero-order chi connectivity index (χ0) is 5.11. The van der Waals surface area contributed by atoms with Gasteiger partial charge in [0.1, 0.15) is 0 Å². The fourth-order valence-corrected chi connectivity index (χ4v) is 0.626. The van der Waals surface area contributed by atoms with Crippen molar-refractivity contribution in [3.05, 3.63) is 11.8 Å². The summed E-state index contributed by atoms with van der Waals surface area (Å²) in [7, 11) is 0. The molecule has 0 unspecified atom stereocenters. The minimum atomic E-state index is 0.958. The quantitative estimate of drug-likeness (QED) is 0.458. The Balaban J connectivity index is 2.51. The van der Waals surface area contributed by atoms with E-state index in [0.29, 0.717) is 0 Å². The fourth-order valence-electron chi connectivity index (χ4n) is 0.626. The number of hydrogen-bond donors (Lipinski definition) is 2. The Hall–Kier alpha value is -0.790. The van der Waals surface area contributed by atoms with E-state index in [1.165, 1.54) is 6.21 Å². The summed E-state index contributed by atoms with van der Waals surface area (Å²) < 4.78 is 0. The SMILES string of the molecule is N=CC1=CCCN1. The van der Waals surface area contributed by atoms with Gasteiger partial charge in [-0.25, -0.2) is 0 Å². The summed E-state index contributed by atoms with van der Waals surface area (Å²) >= 11 is 0. The molecular formula is C5H8N2. The van der Waals surface area contributed by atoms with Crippen LogP contribution in [-0.4, -0.2) is 12.8 Å². The fraction of sp³-hybridized carbons (Fsp3) is 0.400. The average Bonchev–Trinajstić information content (AvgIpc) is 2.14. The van der Waals surface area contributed by atoms with E-state index in [1.807, 2.05) is 6.08 Å². The van der Waals surface area contributed by atoms with Crippen LogP contribution in [0.1, 0.15) is 6.42 Å². The summed E-state index contributed by atoms with van der Waals surface area (Å²) in [6.45, 7) is 1.00. The second kappa shape index (κ2) is 1.78. The third kappa shape index (κ3) is 0.796. The van der Waals surface area contributed by atoms with Gasteiger partial charge >= 0.3 is 0 Å². The highest BCUT2D eigenvalue weighted by atomic mass is 14.9. The highest BCUT2D eigenvalue weighted by Crippen LogP contribution is 1.95. The van der Waals surface area contributed by atoms with Crippen LogP contribution in [0.4, 0.5) is 0 Å². The Labute approximate surface area is 42.7 Å². The lowest BCUT2D eigenvalue weighted by Crippen LogP contribution is -2.06. The van der Waals surface area contributed by atoms with Crippen molar-refractivity contribution in [2.75, 3.05) is 6.54 Å². The van der Waals surface area contributed by atoms with Crippen LogP contribution in [0.5, 0.6) is 0 Å². The van der Waals surface area contributed by atoms with Gasteiger partial charge in [0.2, 0.25) is 0 Å². The van der Waals surface area contributed by atoms with Crippen molar-refractivity contribution < 1.29 is 0 Å². The largest absolute Gasteiger partial charge is 0.384 e. The highest BCUT2D eigenvalue weighted by molar-refractivity contribution is 5.75. The Bertz CT molecular complexity index is 105. The zero-order valence-corrected chi connectivity index (χ0v) is 4.07. The van der Waals surface area contributed by atoms with Crippen LogP contribution in [-0.2, 0) is 0 Å². The summed E-state index contributed by atoms with van der Waals surface area (Å²) in [6.07, 6.45) is 4.44. The van der Waals surface area contributed by atoms with E-state index in [9.17, 15) is 0 Å². The molecular weight excluding hydrogens is 88.1 g/mol. The Kier molecular flexibility index (Phi) is 1.11. The molecule has 1 aliphatic rings. The first-order valence-electron chi connectivity index (χ1n) is 2.38. The van der Waals surface area contributed by atoms with Gasteiger partial charge in [-0.3, -0.25) is 0 Å². The molecule has 2 heteroatoms. The van der Waals surface area contributed by atoms with Crippen molar-refractivity contribution in [3.8, 4) is 0 Å². The first kappa shape index (κ1) is 4.37. The van der Waals surface area contributed by atoms with Gasteiger partial charge in [-0.15, -0.1) is 0 Å². The minimum Gasteiger partial charge on any atom is -0.384 e. The molecule has 0 aromatic heterocycles. The summed E-state index contributed by atoms with van der Waals surface area (Å²) in [5.41, 5.74) is 0.958. The first-order valence-corrected chi connectivity index (χ1v) is 2.38. The van der Waals surface area contributed by atoms with Crippen LogP contribution in [0.3, 0.4) is 0 Å². The van der Waals surface area contributed by atoms with Gasteiger partial charge < -0.3 is 10.7 Å². The molecule has 38 valence electrons. The highest BCUT2D eigenvalue weighted by Gasteiger charge is 1.95. The number of hydrogen-bond acceptors (Lipinski definition) is 2. The molecule has 7 heavy (non-hydrogen) atoms. The van der Waals surface area contributed by atoms with Crippen molar-refractivity contribution in [3.63, 3.8) is 0 Å². The lowest BCUT2D eigenvalue weighted by molar-refractivity contribution is 0.901. The molecule has 0 radical (unpaired) electrons. The topological polar surface area (TPSA) is 35.9 Å². The Morgan fingerprint density at radius 3 is 3.00 bits per heavy atom. The average molecular weight is 96.1 g/mol. The third-order valence-corrected chi connectivity index (χ3v) is 0.993. The molecule has 1 rings (SSSR count). The molecule has 0 aliphatic carbocycles. The number of nitrogens with one attached hydrogen (secondary N) is 2. The van der Waals surface area contributed by atoms with Crippen molar-refractivity contribution >= 4 is 6.21 Å². The second-order valence-electron chi connectivity index (χ2n) is 1.52. The lowest BCUT2D eigenvalue weighted by Gasteiger charge is -1.89. The van der Waals surface area contributed by atoms with E-state index in [-0.39, 0.29) is 0 Å². The molecule has 0 aromatic rings. The van der Waals surface area contributed by atoms with Crippen LogP contribution in [0, 0.1) is 5.41 Å². The number of allylic oxidation sites excluding steroid dienone is 1. The van der Waals surface area contributed by atoms with Crippen LogP contribution >= 0.6 is 0 Å². The van der Waals surface area contributed by atoms with Gasteiger partial charge in [-0.1, -0.05) is 6.08 Å². The maximum absolute atomic E-state index is 6.74. The molecule has 2 N–H and O–H groups in total. The van der Waals surface area contributed by atoms with Gasteiger partial charge in [0.15, 0.2) is 0 Å². The molecule has 0 aromatic carbocycles. The van der Waals surface area contributed by atoms with Gasteiger partial charge in [-0.2, -0.15) is 0 Å². The normalized spacial score (nSPS) is 18.0. The summed E-state index contributed by atoms with van der Waals surface area (Å²) in [5.74, 6) is 0. The van der Waals surface area contributed by atoms with Crippen molar-refractivity contribution in [2.45, 2.75) is 6.42 Å². The zero-order valence-electron chi connectivity index (χ0n) is 4.07. The number of rotatable bonds is 1. The third-order valence-electron chi connectivity index (χ3n) is 0.993. The maximum atomic E-state index is 6.74. The standard InChI is InChI=1S/C5H8N2/c6-4-5-2-1-3-7-5/h2,4,6-7H,1,3H2. The molecule has 0 saturated carbocycles. The summed E-state index contributed by atoms with van der Waals surface area (Å²) in [5, 5.41) is 9.77. The second-order valence-corrected chi connectivity index (χ2v) is 1.52. The van der Waals surface area contributed by atoms with Crippen molar-refractivity contribution in [1.29, 1.82) is 5.41 Å². The van der Waals surface area contributed by atoms with E-state index in [4.69, 9.17) is 5.41 Å². The predicted octanol–water partition coefficient (Wildman–Crippen LogP) is 0.513. The van der Waals surface area contributed by atoms with E-state index in [2.05, 4.69) is 5.32 Å². The van der Waals surface area contributed by atoms with Gasteiger partial charge in [0, 0.05) is 18.5 Å². The van der Waals surface area contributed by atoms with Crippen molar-refractivity contribution in [1.82, 2.24) is 5.32 Å². The van der Waals surface area contributed by atoms with Gasteiger partial charge in [0.05, 0.1) is 0 Å². The summed E-state index contributed by atoms with van der Waals surface area (Å²) in [6, 6.07) is 0. The lowest BCUT2D eigenvalue weighted by atomic mass is 10.4. The molecule has 0 atom stereocenters. The van der Waals surface area contributed by atoms with Crippen LogP contribution < -0.4 is 5.32 Å². The smallest absolute Gasteiger partial charge is 0.0479 e. The van der Waals surface area contributed by atoms with E-state index in [0.717, 1.165) is 18.7 Å². The van der Waals surface area contributed by atoms with Gasteiger partial charge in [0.25, 0.3) is 0 Å². The maximum Gasteiger partial charge on any atom is 0.0479 e. The Morgan fingerprint density at radius 1 is 1.86 bits per heavy atom. The van der Waals surface area contributed by atoms with Crippen LogP contribution in [0.25, 0.3) is 0 Å². The molecule has 1 aliphatic heterocycles. The van der Waals surface area contributed by atoms with E-state index < -0.39 is 0 Å². The predicted molar refractivity (Wildman–Crippen MR) is 29.5 cm³/mol. The molecule has 0 bridgehead atoms. The van der Waals surface area contributed by atoms with Crippen molar-refractivity contribution in [2.24, 2.45) is 0 Å². The molecule has 2 nitrogen and oxygen atoms in total. The Morgan fingerprint density at radius 2 is 2.71 bits per heavy atom. The van der Waals surface area contributed by atoms with E-state index >= 15 is 0 Å². The van der Waals surface area contributed by atoms with E-state index in [1.54, 1.807) is 0 Å². The van der Waals surface area contributed by atoms with Crippen LogP contribution in [0.2, 0.25) is 0 Å². The molecule has 1 heterocycles. The monoisotopic (exact) mass is 96.1 g/mol. The van der Waals surface area contributed by atoms with Crippen LogP contribution in [0.15, 0.2) is 11.8 Å².